The average Bonchev–Trinajstić information content (AvgIpc) is 3.04. The Labute approximate surface area is 138 Å². The number of hydrogen-bond donors (Lipinski definition) is 1. The second-order valence-electron chi connectivity index (χ2n) is 6.40. The van der Waals surface area contributed by atoms with E-state index in [4.69, 9.17) is 4.74 Å². The van der Waals surface area contributed by atoms with Crippen molar-refractivity contribution >= 4 is 12.0 Å². The standard InChI is InChI=1S/C19H24N2O2/c1-14(2)13-23-18-9-7-15(8-10-18)11-16(12-20)19(22)21-17-5-3-4-6-17/h7-11,14,17H,3-6,13H2,1-2H3,(H,21,22)/b16-11-. The normalized spacial score (nSPS) is 15.5. The molecule has 4 heteroatoms. The molecule has 1 amide bonds. The lowest BCUT2D eigenvalue weighted by Crippen LogP contribution is -2.33. The third-order valence-corrected chi connectivity index (χ3v) is 3.83. The summed E-state index contributed by atoms with van der Waals surface area (Å²) < 4.78 is 5.62. The molecule has 1 aromatic carbocycles. The maximum atomic E-state index is 12.2. The van der Waals surface area contributed by atoms with E-state index in [1.807, 2.05) is 30.3 Å². The molecule has 0 atom stereocenters. The zero-order chi connectivity index (χ0) is 16.7. The van der Waals surface area contributed by atoms with Crippen LogP contribution in [0.4, 0.5) is 0 Å². The van der Waals surface area contributed by atoms with Crippen molar-refractivity contribution in [3.8, 4) is 11.8 Å². The number of nitrogens with zero attached hydrogens (tertiary/aromatic N) is 1. The van der Waals surface area contributed by atoms with Crippen LogP contribution in [0, 0.1) is 17.2 Å². The van der Waals surface area contributed by atoms with Crippen molar-refractivity contribution in [2.45, 2.75) is 45.6 Å². The number of carbonyl (C=O) groups is 1. The van der Waals surface area contributed by atoms with Gasteiger partial charge in [0.15, 0.2) is 0 Å². The topological polar surface area (TPSA) is 62.1 Å². The molecular weight excluding hydrogens is 288 g/mol. The maximum Gasteiger partial charge on any atom is 0.262 e. The molecule has 0 bridgehead atoms. The highest BCUT2D eigenvalue weighted by molar-refractivity contribution is 6.01. The molecule has 1 saturated carbocycles. The van der Waals surface area contributed by atoms with Gasteiger partial charge in [-0.1, -0.05) is 38.8 Å². The zero-order valence-corrected chi connectivity index (χ0v) is 13.8. The van der Waals surface area contributed by atoms with Gasteiger partial charge in [-0.05, 0) is 42.5 Å². The first-order valence-corrected chi connectivity index (χ1v) is 8.24. The van der Waals surface area contributed by atoms with E-state index in [0.717, 1.165) is 37.0 Å². The number of benzene rings is 1. The van der Waals surface area contributed by atoms with Crippen molar-refractivity contribution in [3.63, 3.8) is 0 Å². The molecule has 1 aromatic rings. The Hall–Kier alpha value is -2.28. The minimum absolute atomic E-state index is 0.146. The predicted octanol–water partition coefficient (Wildman–Crippen LogP) is 3.69. The van der Waals surface area contributed by atoms with Crippen molar-refractivity contribution < 1.29 is 9.53 Å². The fraction of sp³-hybridized carbons (Fsp3) is 0.474. The molecule has 0 aliphatic heterocycles. The highest BCUT2D eigenvalue weighted by Gasteiger charge is 2.19. The number of nitriles is 1. The summed E-state index contributed by atoms with van der Waals surface area (Å²) in [7, 11) is 0. The van der Waals surface area contributed by atoms with Crippen LogP contribution in [0.5, 0.6) is 5.75 Å². The lowest BCUT2D eigenvalue weighted by atomic mass is 10.1. The van der Waals surface area contributed by atoms with Gasteiger partial charge in [0.1, 0.15) is 17.4 Å². The van der Waals surface area contributed by atoms with Gasteiger partial charge in [0.2, 0.25) is 0 Å². The highest BCUT2D eigenvalue weighted by atomic mass is 16.5. The van der Waals surface area contributed by atoms with Gasteiger partial charge in [-0.3, -0.25) is 4.79 Å². The molecule has 0 heterocycles. The predicted molar refractivity (Wildman–Crippen MR) is 90.8 cm³/mol. The Bertz CT molecular complexity index is 591. The van der Waals surface area contributed by atoms with Crippen molar-refractivity contribution in [2.24, 2.45) is 5.92 Å². The van der Waals surface area contributed by atoms with Crippen LogP contribution >= 0.6 is 0 Å². The highest BCUT2D eigenvalue weighted by Crippen LogP contribution is 2.19. The Morgan fingerprint density at radius 2 is 2.00 bits per heavy atom. The van der Waals surface area contributed by atoms with Crippen molar-refractivity contribution in [3.05, 3.63) is 35.4 Å². The van der Waals surface area contributed by atoms with Crippen LogP contribution in [-0.2, 0) is 4.79 Å². The molecule has 122 valence electrons. The minimum Gasteiger partial charge on any atom is -0.493 e. The molecule has 2 rings (SSSR count). The summed E-state index contributed by atoms with van der Waals surface area (Å²) in [6.45, 7) is 4.86. The summed E-state index contributed by atoms with van der Waals surface area (Å²) in [4.78, 5) is 12.2. The van der Waals surface area contributed by atoms with E-state index in [-0.39, 0.29) is 17.5 Å². The molecule has 4 nitrogen and oxygen atoms in total. The molecule has 1 N–H and O–H groups in total. The number of nitrogens with one attached hydrogen (secondary N) is 1. The van der Waals surface area contributed by atoms with E-state index >= 15 is 0 Å². The van der Waals surface area contributed by atoms with Gasteiger partial charge >= 0.3 is 0 Å². The molecule has 0 spiro atoms. The number of ether oxygens (including phenoxy) is 1. The number of carbonyl (C=O) groups excluding carboxylic acids is 1. The van der Waals surface area contributed by atoms with Crippen molar-refractivity contribution in [1.29, 1.82) is 5.26 Å². The van der Waals surface area contributed by atoms with Crippen LogP contribution in [-0.4, -0.2) is 18.6 Å². The quantitative estimate of drug-likeness (QED) is 0.643. The summed E-state index contributed by atoms with van der Waals surface area (Å²) in [6.07, 6.45) is 5.93. The zero-order valence-electron chi connectivity index (χ0n) is 13.8. The van der Waals surface area contributed by atoms with Crippen LogP contribution in [0.15, 0.2) is 29.8 Å². The lowest BCUT2D eigenvalue weighted by molar-refractivity contribution is -0.117. The van der Waals surface area contributed by atoms with Crippen molar-refractivity contribution in [1.82, 2.24) is 5.32 Å². The number of hydrogen-bond acceptors (Lipinski definition) is 3. The molecule has 1 aliphatic carbocycles. The molecule has 23 heavy (non-hydrogen) atoms. The van der Waals surface area contributed by atoms with E-state index in [0.29, 0.717) is 12.5 Å². The Kier molecular flexibility index (Phi) is 6.22. The fourth-order valence-electron chi connectivity index (χ4n) is 2.57. The van der Waals surface area contributed by atoms with E-state index in [1.165, 1.54) is 0 Å². The van der Waals surface area contributed by atoms with Crippen LogP contribution in [0.25, 0.3) is 6.08 Å². The molecule has 0 saturated heterocycles. The van der Waals surface area contributed by atoms with Crippen molar-refractivity contribution in [2.75, 3.05) is 6.61 Å². The Morgan fingerprint density at radius 1 is 1.35 bits per heavy atom. The minimum atomic E-state index is -0.278. The number of rotatable bonds is 6. The van der Waals surface area contributed by atoms with Gasteiger partial charge in [-0.25, -0.2) is 0 Å². The second-order valence-corrected chi connectivity index (χ2v) is 6.40. The maximum absolute atomic E-state index is 12.2. The van der Waals surface area contributed by atoms with Gasteiger partial charge in [-0.15, -0.1) is 0 Å². The Morgan fingerprint density at radius 3 is 2.57 bits per heavy atom. The van der Waals surface area contributed by atoms with E-state index in [2.05, 4.69) is 19.2 Å². The molecule has 1 fully saturated rings. The van der Waals surface area contributed by atoms with Gasteiger partial charge in [0, 0.05) is 6.04 Å². The average molecular weight is 312 g/mol. The second kappa shape index (κ2) is 8.38. The smallest absolute Gasteiger partial charge is 0.262 e. The fourth-order valence-corrected chi connectivity index (χ4v) is 2.57. The molecule has 0 aromatic heterocycles. The summed E-state index contributed by atoms with van der Waals surface area (Å²) in [5.41, 5.74) is 0.966. The SMILES string of the molecule is CC(C)COc1ccc(/C=C(/C#N)C(=O)NC2CCCC2)cc1. The summed E-state index contributed by atoms with van der Waals surface area (Å²) >= 11 is 0. The van der Waals surface area contributed by atoms with Crippen LogP contribution in [0.3, 0.4) is 0 Å². The monoisotopic (exact) mass is 312 g/mol. The van der Waals surface area contributed by atoms with E-state index in [1.54, 1.807) is 6.08 Å². The summed E-state index contributed by atoms with van der Waals surface area (Å²) in [5, 5.41) is 12.2. The first-order chi connectivity index (χ1) is 11.1. The molecule has 1 aliphatic rings. The summed E-state index contributed by atoms with van der Waals surface area (Å²) in [6, 6.07) is 9.64. The van der Waals surface area contributed by atoms with E-state index in [9.17, 15) is 10.1 Å². The molecule has 0 unspecified atom stereocenters. The van der Waals surface area contributed by atoms with Gasteiger partial charge in [0.05, 0.1) is 6.61 Å². The van der Waals surface area contributed by atoms with Crippen LogP contribution in [0.2, 0.25) is 0 Å². The molecular formula is C19H24N2O2. The third-order valence-electron chi connectivity index (χ3n) is 3.83. The first kappa shape index (κ1) is 17.1. The third kappa shape index (κ3) is 5.45. The summed E-state index contributed by atoms with van der Waals surface area (Å²) in [5.74, 6) is 0.989. The first-order valence-electron chi connectivity index (χ1n) is 8.24. The number of amides is 1. The van der Waals surface area contributed by atoms with Crippen LogP contribution < -0.4 is 10.1 Å². The van der Waals surface area contributed by atoms with Crippen LogP contribution in [0.1, 0.15) is 45.1 Å². The largest absolute Gasteiger partial charge is 0.493 e. The van der Waals surface area contributed by atoms with E-state index < -0.39 is 0 Å². The van der Waals surface area contributed by atoms with Gasteiger partial charge < -0.3 is 10.1 Å². The molecule has 0 radical (unpaired) electrons. The van der Waals surface area contributed by atoms with Gasteiger partial charge in [-0.2, -0.15) is 5.26 Å². The van der Waals surface area contributed by atoms with Gasteiger partial charge in [0.25, 0.3) is 5.91 Å². The lowest BCUT2D eigenvalue weighted by Gasteiger charge is -2.11. The Balaban J connectivity index is 1.99.